The van der Waals surface area contributed by atoms with Crippen molar-refractivity contribution in [2.45, 2.75) is 59.0 Å². The number of hydrogen-bond acceptors (Lipinski definition) is 6. The Morgan fingerprint density at radius 3 is 2.74 bits per heavy atom. The predicted octanol–water partition coefficient (Wildman–Crippen LogP) is 5.35. The van der Waals surface area contributed by atoms with Crippen LogP contribution in [-0.2, 0) is 24.2 Å². The fourth-order valence-corrected chi connectivity index (χ4v) is 5.27. The van der Waals surface area contributed by atoms with Gasteiger partial charge in [-0.3, -0.25) is 9.69 Å². The molecule has 0 amide bonds. The zero-order valence-electron chi connectivity index (χ0n) is 22.3. The lowest BCUT2D eigenvalue weighted by Gasteiger charge is -2.34. The maximum absolute atomic E-state index is 15.0. The average molecular weight is 521 g/mol. The molecule has 8 heteroatoms. The molecule has 0 saturated carbocycles. The SMILES string of the molecule is CCC(=O)CCN1CCc2cc(Cc3ncc(F)c(-c4cc(F)c5c(c4)N(C(C)C)CCO5)n3)ccc2C1. The van der Waals surface area contributed by atoms with Crippen LogP contribution in [0.4, 0.5) is 14.5 Å². The van der Waals surface area contributed by atoms with Crippen LogP contribution in [0.15, 0.2) is 36.5 Å². The van der Waals surface area contributed by atoms with Crippen LogP contribution in [0.3, 0.4) is 0 Å². The summed E-state index contributed by atoms with van der Waals surface area (Å²) in [6.45, 7) is 9.58. The van der Waals surface area contributed by atoms with Crippen LogP contribution >= 0.6 is 0 Å². The van der Waals surface area contributed by atoms with Crippen LogP contribution in [0.1, 0.15) is 56.1 Å². The van der Waals surface area contributed by atoms with Gasteiger partial charge in [-0.15, -0.1) is 0 Å². The number of hydrogen-bond donors (Lipinski definition) is 0. The number of ketones is 1. The van der Waals surface area contributed by atoms with Gasteiger partial charge in [0.1, 0.15) is 23.9 Å². The summed E-state index contributed by atoms with van der Waals surface area (Å²) in [6.07, 6.45) is 3.73. The summed E-state index contributed by atoms with van der Waals surface area (Å²) in [6, 6.07) is 9.55. The van der Waals surface area contributed by atoms with Crippen LogP contribution < -0.4 is 9.64 Å². The second kappa shape index (κ2) is 11.2. The molecule has 5 rings (SSSR count). The van der Waals surface area contributed by atoms with Crippen LogP contribution in [0.25, 0.3) is 11.3 Å². The molecule has 0 unspecified atom stereocenters. The lowest BCUT2D eigenvalue weighted by molar-refractivity contribution is -0.119. The van der Waals surface area contributed by atoms with E-state index in [-0.39, 0.29) is 17.5 Å². The summed E-state index contributed by atoms with van der Waals surface area (Å²) in [7, 11) is 0. The summed E-state index contributed by atoms with van der Waals surface area (Å²) in [4.78, 5) is 24.8. The lowest BCUT2D eigenvalue weighted by Crippen LogP contribution is -2.38. The van der Waals surface area contributed by atoms with E-state index in [1.807, 2.05) is 20.8 Å². The molecule has 0 spiro atoms. The van der Waals surface area contributed by atoms with Crippen molar-refractivity contribution in [3.8, 4) is 17.0 Å². The minimum absolute atomic E-state index is 0.0845. The van der Waals surface area contributed by atoms with Crippen molar-refractivity contribution in [3.05, 3.63) is 70.7 Å². The number of Topliss-reactive ketones (excluding diaryl/α,β-unsaturated/α-hetero) is 1. The van der Waals surface area contributed by atoms with E-state index in [1.165, 1.54) is 23.4 Å². The van der Waals surface area contributed by atoms with E-state index in [9.17, 15) is 13.6 Å². The highest BCUT2D eigenvalue weighted by molar-refractivity contribution is 5.78. The Morgan fingerprint density at radius 2 is 1.95 bits per heavy atom. The Bertz CT molecular complexity index is 1340. The van der Waals surface area contributed by atoms with Crippen molar-refractivity contribution in [2.75, 3.05) is 31.1 Å². The summed E-state index contributed by atoms with van der Waals surface area (Å²) in [5.74, 6) is -0.133. The first-order chi connectivity index (χ1) is 18.3. The van der Waals surface area contributed by atoms with E-state index in [4.69, 9.17) is 4.74 Å². The molecular weight excluding hydrogens is 486 g/mol. The third kappa shape index (κ3) is 5.55. The number of carbonyl (C=O) groups is 1. The van der Waals surface area contributed by atoms with Crippen molar-refractivity contribution in [2.24, 2.45) is 0 Å². The number of nitrogens with zero attached hydrogens (tertiary/aromatic N) is 4. The third-order valence-corrected chi connectivity index (χ3v) is 7.43. The van der Waals surface area contributed by atoms with Crippen LogP contribution in [-0.4, -0.2) is 52.9 Å². The molecular formula is C30H34F2N4O2. The molecule has 2 aliphatic rings. The molecule has 3 heterocycles. The molecule has 2 aromatic carbocycles. The number of rotatable bonds is 8. The molecule has 2 aliphatic heterocycles. The normalized spacial score (nSPS) is 15.3. The minimum atomic E-state index is -0.590. The zero-order chi connectivity index (χ0) is 26.8. The smallest absolute Gasteiger partial charge is 0.178 e. The van der Waals surface area contributed by atoms with E-state index in [2.05, 4.69) is 38.0 Å². The molecule has 200 valence electrons. The maximum atomic E-state index is 15.0. The fraction of sp³-hybridized carbons (Fsp3) is 0.433. The van der Waals surface area contributed by atoms with Gasteiger partial charge in [0, 0.05) is 50.5 Å². The number of benzene rings is 2. The maximum Gasteiger partial charge on any atom is 0.178 e. The molecule has 1 aromatic heterocycles. The van der Waals surface area contributed by atoms with Gasteiger partial charge in [-0.05, 0) is 49.1 Å². The molecule has 0 N–H and O–H groups in total. The number of carbonyl (C=O) groups excluding carboxylic acids is 1. The van der Waals surface area contributed by atoms with Gasteiger partial charge in [-0.2, -0.15) is 0 Å². The first-order valence-corrected chi connectivity index (χ1v) is 13.4. The number of ether oxygens (including phenoxy) is 1. The van der Waals surface area contributed by atoms with Gasteiger partial charge in [0.05, 0.1) is 18.4 Å². The van der Waals surface area contributed by atoms with Crippen molar-refractivity contribution < 1.29 is 18.3 Å². The molecule has 0 fully saturated rings. The Labute approximate surface area is 222 Å². The van der Waals surface area contributed by atoms with E-state index < -0.39 is 11.6 Å². The van der Waals surface area contributed by atoms with Crippen LogP contribution in [0.2, 0.25) is 0 Å². The molecule has 0 atom stereocenters. The standard InChI is InChI=1S/C30H34F2N4O2/c1-4-24(37)8-10-35-9-7-21-13-20(5-6-22(21)18-35)14-28-33-17-26(32)29(34-28)23-15-25(31)30-27(16-23)36(19(2)3)11-12-38-30/h5-6,13,15-17,19H,4,7-12,14,18H2,1-3H3. The largest absolute Gasteiger partial charge is 0.486 e. The highest BCUT2D eigenvalue weighted by Gasteiger charge is 2.26. The van der Waals surface area contributed by atoms with Crippen molar-refractivity contribution in [3.63, 3.8) is 0 Å². The monoisotopic (exact) mass is 520 g/mol. The highest BCUT2D eigenvalue weighted by atomic mass is 19.1. The molecule has 38 heavy (non-hydrogen) atoms. The third-order valence-electron chi connectivity index (χ3n) is 7.43. The van der Waals surface area contributed by atoms with Crippen molar-refractivity contribution in [1.82, 2.24) is 14.9 Å². The van der Waals surface area contributed by atoms with Gasteiger partial charge in [-0.1, -0.05) is 25.1 Å². The van der Waals surface area contributed by atoms with Gasteiger partial charge in [0.2, 0.25) is 0 Å². The molecule has 0 aliphatic carbocycles. The van der Waals surface area contributed by atoms with Crippen LogP contribution in [0.5, 0.6) is 5.75 Å². The Balaban J connectivity index is 1.36. The van der Waals surface area contributed by atoms with E-state index in [0.717, 1.165) is 31.6 Å². The van der Waals surface area contributed by atoms with Gasteiger partial charge in [0.25, 0.3) is 0 Å². The minimum Gasteiger partial charge on any atom is -0.486 e. The number of fused-ring (bicyclic) bond motifs is 2. The van der Waals surface area contributed by atoms with E-state index in [1.54, 1.807) is 6.07 Å². The summed E-state index contributed by atoms with van der Waals surface area (Å²) in [5.41, 5.74) is 4.67. The Kier molecular flexibility index (Phi) is 7.70. The van der Waals surface area contributed by atoms with Gasteiger partial charge in [0.15, 0.2) is 17.4 Å². The van der Waals surface area contributed by atoms with Gasteiger partial charge in [-0.25, -0.2) is 18.7 Å². The second-order valence-electron chi connectivity index (χ2n) is 10.4. The van der Waals surface area contributed by atoms with Gasteiger partial charge < -0.3 is 9.64 Å². The van der Waals surface area contributed by atoms with E-state index >= 15 is 0 Å². The summed E-state index contributed by atoms with van der Waals surface area (Å²) in [5, 5.41) is 0. The first-order valence-electron chi connectivity index (χ1n) is 13.4. The van der Waals surface area contributed by atoms with Crippen LogP contribution in [0, 0.1) is 11.6 Å². The highest BCUT2D eigenvalue weighted by Crippen LogP contribution is 2.39. The molecule has 0 saturated heterocycles. The average Bonchev–Trinajstić information content (AvgIpc) is 2.92. The van der Waals surface area contributed by atoms with Crippen molar-refractivity contribution in [1.29, 1.82) is 0 Å². The molecule has 0 radical (unpaired) electrons. The first kappa shape index (κ1) is 26.2. The van der Waals surface area contributed by atoms with E-state index in [0.29, 0.717) is 55.3 Å². The number of aromatic nitrogens is 2. The fourth-order valence-electron chi connectivity index (χ4n) is 5.27. The van der Waals surface area contributed by atoms with Gasteiger partial charge >= 0.3 is 0 Å². The topological polar surface area (TPSA) is 58.6 Å². The Morgan fingerprint density at radius 1 is 1.11 bits per heavy atom. The quantitative estimate of drug-likeness (QED) is 0.399. The second-order valence-corrected chi connectivity index (χ2v) is 10.4. The molecule has 3 aromatic rings. The lowest BCUT2D eigenvalue weighted by atomic mass is 9.96. The Hall–Kier alpha value is -3.39. The van der Waals surface area contributed by atoms with Crippen molar-refractivity contribution >= 4 is 11.5 Å². The zero-order valence-corrected chi connectivity index (χ0v) is 22.3. The number of anilines is 1. The summed E-state index contributed by atoms with van der Waals surface area (Å²) >= 11 is 0. The molecule has 6 nitrogen and oxygen atoms in total. The number of halogens is 2. The molecule has 0 bridgehead atoms. The predicted molar refractivity (Wildman–Crippen MR) is 144 cm³/mol. The summed E-state index contributed by atoms with van der Waals surface area (Å²) < 4.78 is 35.5.